The standard InChI is InChI=1S/C14H13ClN6/c1-20(2)9-17-13-18-14-16-8-7-12(21(14)19-13)10-3-5-11(15)6-4-10/h3-9H,1-2H3. The van der Waals surface area contributed by atoms with Gasteiger partial charge in [0.2, 0.25) is 0 Å². The van der Waals surface area contributed by atoms with E-state index in [0.717, 1.165) is 11.3 Å². The SMILES string of the molecule is CN(C)C=Nc1nc2nccc(-c3ccc(Cl)cc3)n2n1. The number of hydrogen-bond donors (Lipinski definition) is 0. The first-order chi connectivity index (χ1) is 10.1. The van der Waals surface area contributed by atoms with Crippen LogP contribution < -0.4 is 0 Å². The zero-order valence-electron chi connectivity index (χ0n) is 11.6. The van der Waals surface area contributed by atoms with Gasteiger partial charge in [-0.3, -0.25) is 0 Å². The highest BCUT2D eigenvalue weighted by Crippen LogP contribution is 2.22. The first-order valence-corrected chi connectivity index (χ1v) is 6.69. The Morgan fingerprint density at radius 1 is 1.19 bits per heavy atom. The molecule has 0 aliphatic carbocycles. The second kappa shape index (κ2) is 5.49. The van der Waals surface area contributed by atoms with Gasteiger partial charge in [-0.1, -0.05) is 23.7 Å². The normalized spacial score (nSPS) is 11.4. The van der Waals surface area contributed by atoms with Crippen molar-refractivity contribution in [2.45, 2.75) is 0 Å². The fourth-order valence-corrected chi connectivity index (χ4v) is 1.97. The first kappa shape index (κ1) is 13.5. The van der Waals surface area contributed by atoms with E-state index >= 15 is 0 Å². The molecular weight excluding hydrogens is 288 g/mol. The lowest BCUT2D eigenvalue weighted by Crippen LogP contribution is -2.07. The third-order valence-corrected chi connectivity index (χ3v) is 3.03. The number of benzene rings is 1. The number of hydrogen-bond acceptors (Lipinski definition) is 4. The largest absolute Gasteiger partial charge is 0.369 e. The minimum atomic E-state index is 0.373. The van der Waals surface area contributed by atoms with Crippen molar-refractivity contribution in [2.75, 3.05) is 14.1 Å². The fourth-order valence-electron chi connectivity index (χ4n) is 1.84. The zero-order valence-corrected chi connectivity index (χ0v) is 12.4. The van der Waals surface area contributed by atoms with Crippen LogP contribution in [0.4, 0.5) is 5.95 Å². The predicted octanol–water partition coefficient (Wildman–Crippen LogP) is 2.67. The average Bonchev–Trinajstić information content (AvgIpc) is 2.89. The van der Waals surface area contributed by atoms with E-state index in [1.807, 2.05) is 49.3 Å². The molecule has 2 aromatic heterocycles. The zero-order chi connectivity index (χ0) is 14.8. The molecule has 1 aromatic carbocycles. The van der Waals surface area contributed by atoms with Crippen molar-refractivity contribution in [1.82, 2.24) is 24.5 Å². The number of nitrogens with zero attached hydrogens (tertiary/aromatic N) is 6. The van der Waals surface area contributed by atoms with E-state index in [1.54, 1.807) is 17.1 Å². The number of aliphatic imine (C=N–C) groups is 1. The number of aromatic nitrogens is 4. The summed E-state index contributed by atoms with van der Waals surface area (Å²) in [6, 6.07) is 9.42. The summed E-state index contributed by atoms with van der Waals surface area (Å²) in [5, 5.41) is 5.06. The van der Waals surface area contributed by atoms with E-state index in [-0.39, 0.29) is 0 Å². The van der Waals surface area contributed by atoms with Gasteiger partial charge >= 0.3 is 0 Å². The number of rotatable bonds is 3. The summed E-state index contributed by atoms with van der Waals surface area (Å²) in [7, 11) is 3.77. The fraction of sp³-hybridized carbons (Fsp3) is 0.143. The second-order valence-electron chi connectivity index (χ2n) is 4.67. The van der Waals surface area contributed by atoms with Crippen LogP contribution in [0.3, 0.4) is 0 Å². The molecule has 3 aromatic rings. The molecule has 0 N–H and O–H groups in total. The van der Waals surface area contributed by atoms with Crippen LogP contribution in [0.2, 0.25) is 5.02 Å². The lowest BCUT2D eigenvalue weighted by atomic mass is 10.1. The van der Waals surface area contributed by atoms with Gasteiger partial charge in [0.15, 0.2) is 0 Å². The minimum Gasteiger partial charge on any atom is -0.369 e. The maximum Gasteiger partial charge on any atom is 0.272 e. The summed E-state index contributed by atoms with van der Waals surface area (Å²) >= 11 is 5.92. The van der Waals surface area contributed by atoms with Gasteiger partial charge in [-0.15, -0.1) is 5.10 Å². The van der Waals surface area contributed by atoms with Crippen molar-refractivity contribution < 1.29 is 0 Å². The van der Waals surface area contributed by atoms with Crippen molar-refractivity contribution in [3.05, 3.63) is 41.6 Å². The Labute approximate surface area is 126 Å². The van der Waals surface area contributed by atoms with Crippen LogP contribution in [-0.4, -0.2) is 44.9 Å². The smallest absolute Gasteiger partial charge is 0.272 e. The molecule has 0 radical (unpaired) electrons. The molecule has 0 bridgehead atoms. The van der Waals surface area contributed by atoms with Gasteiger partial charge in [0, 0.05) is 30.9 Å². The summed E-state index contributed by atoms with van der Waals surface area (Å²) in [6.07, 6.45) is 3.35. The van der Waals surface area contributed by atoms with Gasteiger partial charge in [0.05, 0.1) is 12.0 Å². The predicted molar refractivity (Wildman–Crippen MR) is 83.1 cm³/mol. The summed E-state index contributed by atoms with van der Waals surface area (Å²) in [4.78, 5) is 14.5. The Morgan fingerprint density at radius 2 is 1.95 bits per heavy atom. The molecule has 0 saturated heterocycles. The summed E-state index contributed by atoms with van der Waals surface area (Å²) < 4.78 is 1.67. The maximum atomic E-state index is 5.92. The summed E-state index contributed by atoms with van der Waals surface area (Å²) in [5.74, 6) is 0.881. The Bertz CT molecular complexity index is 791. The molecule has 6 nitrogen and oxygen atoms in total. The van der Waals surface area contributed by atoms with E-state index < -0.39 is 0 Å². The lowest BCUT2D eigenvalue weighted by Gasteiger charge is -2.03. The van der Waals surface area contributed by atoms with Crippen molar-refractivity contribution in [1.29, 1.82) is 0 Å². The molecule has 0 aliphatic rings. The highest BCUT2D eigenvalue weighted by Gasteiger charge is 2.09. The molecule has 0 saturated carbocycles. The maximum absolute atomic E-state index is 5.92. The van der Waals surface area contributed by atoms with Gasteiger partial charge in [0.1, 0.15) is 0 Å². The van der Waals surface area contributed by atoms with Crippen molar-refractivity contribution in [3.63, 3.8) is 0 Å². The quantitative estimate of drug-likeness (QED) is 0.551. The van der Waals surface area contributed by atoms with Crippen molar-refractivity contribution in [3.8, 4) is 11.3 Å². The molecule has 3 rings (SSSR count). The van der Waals surface area contributed by atoms with Crippen LogP contribution >= 0.6 is 11.6 Å². The molecule has 7 heteroatoms. The number of halogens is 1. The van der Waals surface area contributed by atoms with E-state index in [2.05, 4.69) is 20.1 Å². The Hall–Kier alpha value is -2.47. The molecule has 0 spiro atoms. The van der Waals surface area contributed by atoms with Crippen LogP contribution in [0.5, 0.6) is 0 Å². The van der Waals surface area contributed by atoms with Gasteiger partial charge in [-0.2, -0.15) is 9.50 Å². The minimum absolute atomic E-state index is 0.373. The van der Waals surface area contributed by atoms with E-state index in [4.69, 9.17) is 11.6 Å². The molecule has 0 atom stereocenters. The van der Waals surface area contributed by atoms with Crippen LogP contribution in [0.25, 0.3) is 17.0 Å². The summed E-state index contributed by atoms with van der Waals surface area (Å²) in [5.41, 5.74) is 1.87. The van der Waals surface area contributed by atoms with E-state index in [0.29, 0.717) is 16.7 Å². The number of fused-ring (bicyclic) bond motifs is 1. The molecule has 21 heavy (non-hydrogen) atoms. The van der Waals surface area contributed by atoms with Crippen molar-refractivity contribution >= 4 is 29.7 Å². The van der Waals surface area contributed by atoms with Gasteiger partial charge in [0.25, 0.3) is 11.7 Å². The third-order valence-electron chi connectivity index (χ3n) is 2.77. The first-order valence-electron chi connectivity index (χ1n) is 6.32. The molecule has 106 valence electrons. The molecule has 0 amide bonds. The van der Waals surface area contributed by atoms with Gasteiger partial charge < -0.3 is 4.90 Å². The molecular formula is C14H13ClN6. The van der Waals surface area contributed by atoms with Crippen molar-refractivity contribution in [2.24, 2.45) is 4.99 Å². The Morgan fingerprint density at radius 3 is 2.67 bits per heavy atom. The van der Waals surface area contributed by atoms with E-state index in [1.165, 1.54) is 0 Å². The molecule has 2 heterocycles. The van der Waals surface area contributed by atoms with Crippen LogP contribution in [0, 0.1) is 0 Å². The average molecular weight is 301 g/mol. The molecule has 0 aliphatic heterocycles. The van der Waals surface area contributed by atoms with Crippen LogP contribution in [0.1, 0.15) is 0 Å². The third kappa shape index (κ3) is 2.85. The van der Waals surface area contributed by atoms with E-state index in [9.17, 15) is 0 Å². The Kier molecular flexibility index (Phi) is 3.53. The van der Waals surface area contributed by atoms with Gasteiger partial charge in [-0.25, -0.2) is 9.98 Å². The topological polar surface area (TPSA) is 58.7 Å². The van der Waals surface area contributed by atoms with Crippen LogP contribution in [0.15, 0.2) is 41.5 Å². The molecule has 0 fully saturated rings. The van der Waals surface area contributed by atoms with Crippen LogP contribution in [-0.2, 0) is 0 Å². The molecule has 0 unspecified atom stereocenters. The second-order valence-corrected chi connectivity index (χ2v) is 5.11. The lowest BCUT2D eigenvalue weighted by molar-refractivity contribution is 0.642. The highest BCUT2D eigenvalue weighted by molar-refractivity contribution is 6.30. The van der Waals surface area contributed by atoms with Gasteiger partial charge in [-0.05, 0) is 18.2 Å². The Balaban J connectivity index is 2.09. The summed E-state index contributed by atoms with van der Waals surface area (Å²) in [6.45, 7) is 0. The highest BCUT2D eigenvalue weighted by atomic mass is 35.5. The monoisotopic (exact) mass is 300 g/mol.